The number of Topliss-reactive ketones (excluding diaryl/α,β-unsaturated/α-hetero) is 2. The van der Waals surface area contributed by atoms with Crippen molar-refractivity contribution in [2.45, 2.75) is 79.1 Å². The summed E-state index contributed by atoms with van der Waals surface area (Å²) in [5, 5.41) is 56.7. The lowest BCUT2D eigenvalue weighted by molar-refractivity contribution is 0.0471. The number of aliphatic hydroxyl groups excluding tert-OH is 5. The highest BCUT2D eigenvalue weighted by Crippen LogP contribution is 2.28. The van der Waals surface area contributed by atoms with Gasteiger partial charge in [-0.05, 0) is 62.4 Å². The maximum Gasteiger partial charge on any atom is 0.338 e. The van der Waals surface area contributed by atoms with Gasteiger partial charge in [0.05, 0.1) is 77.2 Å². The topological polar surface area (TPSA) is 319 Å². The summed E-state index contributed by atoms with van der Waals surface area (Å²) in [6, 6.07) is 19.3. The third-order valence-electron chi connectivity index (χ3n) is 10.0. The molecule has 4 aromatic carbocycles. The van der Waals surface area contributed by atoms with Crippen molar-refractivity contribution < 1.29 is 96.8 Å². The fourth-order valence-corrected chi connectivity index (χ4v) is 6.26. The molecule has 0 aliphatic rings. The van der Waals surface area contributed by atoms with Crippen molar-refractivity contribution in [1.29, 1.82) is 10.8 Å². The summed E-state index contributed by atoms with van der Waals surface area (Å²) in [5.41, 5.74) is 1.37. The van der Waals surface area contributed by atoms with Gasteiger partial charge < -0.3 is 77.6 Å². The van der Waals surface area contributed by atoms with Gasteiger partial charge >= 0.3 is 11.9 Å². The molecule has 0 aliphatic heterocycles. The molecule has 0 atom stereocenters. The molecule has 0 unspecified atom stereocenters. The predicted molar refractivity (Wildman–Crippen MR) is 289 cm³/mol. The van der Waals surface area contributed by atoms with Gasteiger partial charge in [-0.3, -0.25) is 9.59 Å². The molecule has 0 fully saturated rings. The molecule has 0 spiro atoms. The van der Waals surface area contributed by atoms with Gasteiger partial charge in [0, 0.05) is 144 Å². The number of methoxy groups -OCH3 is 1. The number of nitrogens with zero attached hydrogens (tertiary/aromatic N) is 2. The number of benzene rings is 4. The summed E-state index contributed by atoms with van der Waals surface area (Å²) in [7, 11) is 1.61. The van der Waals surface area contributed by atoms with E-state index < -0.39 is 11.9 Å². The first-order valence-electron chi connectivity index (χ1n) is 26.2. The Kier molecular flexibility index (Phi) is 39.5. The van der Waals surface area contributed by atoms with Gasteiger partial charge in [0.15, 0.2) is 11.6 Å². The molecule has 79 heavy (non-hydrogen) atoms. The average Bonchev–Trinajstić information content (AvgIpc) is 3.45. The minimum absolute atomic E-state index is 0.0283. The molecule has 0 radical (unpaired) electrons. The SMILES string of the molecule is CC.CC(=O)c1cc(OCCCO)cc(OCCCO)c1.COCCCOc1cc(OCCCOC(=O)c2cc(OCCCO)cc(OCCCOC(=O)c3cc(OCCCO)cc(OCCCO)c3)c2)cc(C(C)=O)c1.N#N. The van der Waals surface area contributed by atoms with E-state index in [0.29, 0.717) is 135 Å². The molecule has 0 bridgehead atoms. The molecule has 438 valence electrons. The summed E-state index contributed by atoms with van der Waals surface area (Å²) in [5.74, 6) is 2.08. The first kappa shape index (κ1) is 69.8. The van der Waals surface area contributed by atoms with Crippen LogP contribution in [-0.2, 0) is 14.2 Å². The molecule has 22 heteroatoms. The van der Waals surface area contributed by atoms with Crippen LogP contribution in [0.25, 0.3) is 0 Å². The molecule has 4 aromatic rings. The highest BCUT2D eigenvalue weighted by molar-refractivity contribution is 5.95. The zero-order valence-corrected chi connectivity index (χ0v) is 46.2. The van der Waals surface area contributed by atoms with Crippen molar-refractivity contribution in [3.05, 3.63) is 95.1 Å². The van der Waals surface area contributed by atoms with Crippen LogP contribution in [0.1, 0.15) is 120 Å². The van der Waals surface area contributed by atoms with Crippen molar-refractivity contribution in [3.63, 3.8) is 0 Å². The Morgan fingerprint density at radius 3 is 0.734 bits per heavy atom. The lowest BCUT2D eigenvalue weighted by Gasteiger charge is -2.13. The molecule has 0 heterocycles. The van der Waals surface area contributed by atoms with Gasteiger partial charge in [-0.15, -0.1) is 0 Å². The summed E-state index contributed by atoms with van der Waals surface area (Å²) in [6.07, 6.45) is 3.67. The average molecular weight is 1110 g/mol. The number of ketones is 2. The maximum absolute atomic E-state index is 13.0. The van der Waals surface area contributed by atoms with Crippen LogP contribution in [0.3, 0.4) is 0 Å². The van der Waals surface area contributed by atoms with Gasteiger partial charge in [-0.2, -0.15) is 0 Å². The standard InChI is InChI=1S/C41H54O15.C14H20O5.C2H6.N2/c1-30(45)31-21-34(52-16-6-12-48-2)27-35(22-31)53-17-7-19-55-41(47)33-25-38(51-15-5-11-44)29-39(26-33)54-18-8-20-56-40(46)32-23-36(49-13-3-9-42)28-37(24-32)50-14-4-10-43;1-11(17)12-8-13(18-6-2-4-15)10-14(9-12)19-7-3-5-16;2*1-2/h21-29,42-44H,3-20H2,1-2H3;8-10,15-16H,2-7H2,1H3;1-2H3;. The Labute approximate surface area is 462 Å². The third-order valence-corrected chi connectivity index (χ3v) is 10.0. The van der Waals surface area contributed by atoms with Crippen molar-refractivity contribution in [1.82, 2.24) is 0 Å². The van der Waals surface area contributed by atoms with Crippen molar-refractivity contribution in [3.8, 4) is 46.0 Å². The number of hydrogen-bond donors (Lipinski definition) is 5. The first-order valence-corrected chi connectivity index (χ1v) is 26.2. The third kappa shape index (κ3) is 31.1. The molecule has 4 rings (SSSR count). The number of ether oxygens (including phenoxy) is 11. The zero-order valence-electron chi connectivity index (χ0n) is 46.2. The van der Waals surface area contributed by atoms with Crippen LogP contribution < -0.4 is 37.9 Å². The Morgan fingerprint density at radius 2 is 0.532 bits per heavy atom. The van der Waals surface area contributed by atoms with E-state index in [1.807, 2.05) is 13.8 Å². The number of carbonyl (C=O) groups excluding carboxylic acids is 4. The van der Waals surface area contributed by atoms with Crippen molar-refractivity contribution >= 4 is 23.5 Å². The molecule has 0 aromatic heterocycles. The van der Waals surface area contributed by atoms with E-state index in [9.17, 15) is 24.3 Å². The highest BCUT2D eigenvalue weighted by Gasteiger charge is 2.16. The number of esters is 2. The van der Waals surface area contributed by atoms with Crippen LogP contribution in [0.5, 0.6) is 46.0 Å². The summed E-state index contributed by atoms with van der Waals surface area (Å²) in [4.78, 5) is 49.3. The monoisotopic (exact) mass is 1110 g/mol. The smallest absolute Gasteiger partial charge is 0.338 e. The van der Waals surface area contributed by atoms with E-state index in [4.69, 9.17) is 83.3 Å². The molecule has 0 aliphatic carbocycles. The van der Waals surface area contributed by atoms with Crippen LogP contribution >= 0.6 is 0 Å². The fraction of sp³-hybridized carbons (Fsp3) is 0.509. The van der Waals surface area contributed by atoms with E-state index in [2.05, 4.69) is 0 Å². The first-order chi connectivity index (χ1) is 38.4. The van der Waals surface area contributed by atoms with Gasteiger partial charge in [0.25, 0.3) is 0 Å². The number of rotatable bonds is 39. The van der Waals surface area contributed by atoms with Crippen LogP contribution in [0.2, 0.25) is 0 Å². The normalized spacial score (nSPS) is 10.2. The predicted octanol–water partition coefficient (Wildman–Crippen LogP) is 7.31. The van der Waals surface area contributed by atoms with Crippen LogP contribution in [0, 0.1) is 10.8 Å². The highest BCUT2D eigenvalue weighted by atomic mass is 16.5. The minimum Gasteiger partial charge on any atom is -0.493 e. The summed E-state index contributed by atoms with van der Waals surface area (Å²) >= 11 is 0. The number of aliphatic hydroxyl groups is 5. The van der Waals surface area contributed by atoms with E-state index in [1.165, 1.54) is 38.1 Å². The van der Waals surface area contributed by atoms with E-state index in [1.54, 1.807) is 55.6 Å². The Balaban J connectivity index is 0.00000113. The van der Waals surface area contributed by atoms with Crippen molar-refractivity contribution in [2.75, 3.05) is 113 Å². The molecule has 5 N–H and O–H groups in total. The lowest BCUT2D eigenvalue weighted by Crippen LogP contribution is -2.12. The molecule has 22 nitrogen and oxygen atoms in total. The Morgan fingerprint density at radius 1 is 0.329 bits per heavy atom. The van der Waals surface area contributed by atoms with Crippen LogP contribution in [0.15, 0.2) is 72.8 Å². The Hall–Kier alpha value is -7.26. The van der Waals surface area contributed by atoms with Crippen LogP contribution in [0.4, 0.5) is 0 Å². The molecule has 0 saturated heterocycles. The molecular formula is C57H80N2O20. The van der Waals surface area contributed by atoms with Crippen molar-refractivity contribution in [2.24, 2.45) is 0 Å². The van der Waals surface area contributed by atoms with Gasteiger partial charge in [-0.25, -0.2) is 9.59 Å². The van der Waals surface area contributed by atoms with E-state index in [-0.39, 0.29) is 102 Å². The van der Waals surface area contributed by atoms with E-state index in [0.717, 1.165) is 0 Å². The van der Waals surface area contributed by atoms with Gasteiger partial charge in [0.2, 0.25) is 0 Å². The second kappa shape index (κ2) is 44.7. The minimum atomic E-state index is -0.607. The van der Waals surface area contributed by atoms with Gasteiger partial charge in [0.1, 0.15) is 46.0 Å². The van der Waals surface area contributed by atoms with E-state index >= 15 is 0 Å². The number of hydrogen-bond acceptors (Lipinski definition) is 22. The van der Waals surface area contributed by atoms with Gasteiger partial charge in [-0.1, -0.05) is 13.8 Å². The molecule has 0 saturated carbocycles. The zero-order chi connectivity index (χ0) is 58.5. The lowest BCUT2D eigenvalue weighted by atomic mass is 10.1. The largest absolute Gasteiger partial charge is 0.493 e. The summed E-state index contributed by atoms with van der Waals surface area (Å²) in [6.45, 7) is 9.81. The second-order valence-corrected chi connectivity index (χ2v) is 16.4. The fourth-order valence-electron chi connectivity index (χ4n) is 6.26. The molecular weight excluding hydrogens is 1030 g/mol. The second-order valence-electron chi connectivity index (χ2n) is 16.4. The Bertz CT molecular complexity index is 2290. The maximum atomic E-state index is 13.0. The molecule has 0 amide bonds. The number of carbonyl (C=O) groups is 4. The quantitative estimate of drug-likeness (QED) is 0.0127. The summed E-state index contributed by atoms with van der Waals surface area (Å²) < 4.78 is 61.3. The van der Waals surface area contributed by atoms with Crippen LogP contribution in [-0.4, -0.2) is 162 Å².